The molecule has 0 atom stereocenters. The van der Waals surface area contributed by atoms with Crippen molar-refractivity contribution in [2.24, 2.45) is 0 Å². The van der Waals surface area contributed by atoms with E-state index in [-0.39, 0.29) is 0 Å². The maximum Gasteiger partial charge on any atom is 0.137 e. The van der Waals surface area contributed by atoms with E-state index in [2.05, 4.69) is 32.9 Å². The van der Waals surface area contributed by atoms with E-state index in [4.69, 9.17) is 5.73 Å². The number of hydrogen-bond donors (Lipinski definition) is 2. The van der Waals surface area contributed by atoms with Crippen LogP contribution in [0.1, 0.15) is 0 Å². The maximum absolute atomic E-state index is 5.75. The van der Waals surface area contributed by atoms with E-state index in [0.717, 1.165) is 27.8 Å². The summed E-state index contributed by atoms with van der Waals surface area (Å²) in [4.78, 5) is 7.76. The Bertz CT molecular complexity index is 890. The van der Waals surface area contributed by atoms with E-state index < -0.39 is 0 Å². The van der Waals surface area contributed by atoms with Crippen molar-refractivity contribution >= 4 is 28.1 Å². The normalized spacial score (nSPS) is 11.0. The third kappa shape index (κ3) is 2.10. The zero-order valence-electron chi connectivity index (χ0n) is 11.2. The summed E-state index contributed by atoms with van der Waals surface area (Å²) >= 11 is 1.70. The van der Waals surface area contributed by atoms with Gasteiger partial charge in [0.05, 0.1) is 0 Å². The molecule has 102 valence electrons. The number of nitrogens with one attached hydrogen (secondary N) is 1. The number of anilines is 1. The van der Waals surface area contributed by atoms with Gasteiger partial charge in [-0.05, 0) is 46.2 Å². The highest BCUT2D eigenvalue weighted by molar-refractivity contribution is 7.08. The minimum Gasteiger partial charge on any atom is -0.399 e. The minimum absolute atomic E-state index is 0.772. The molecule has 0 spiro atoms. The van der Waals surface area contributed by atoms with Crippen molar-refractivity contribution in [3.8, 4) is 22.3 Å². The third-order valence-corrected chi connectivity index (χ3v) is 4.29. The average molecular weight is 291 g/mol. The molecule has 0 fully saturated rings. The second-order valence-corrected chi connectivity index (χ2v) is 5.74. The van der Waals surface area contributed by atoms with Crippen LogP contribution in [0.2, 0.25) is 0 Å². The van der Waals surface area contributed by atoms with Crippen molar-refractivity contribution in [1.29, 1.82) is 0 Å². The molecule has 4 rings (SSSR count). The lowest BCUT2D eigenvalue weighted by Crippen LogP contribution is -1.85. The van der Waals surface area contributed by atoms with Gasteiger partial charge in [0, 0.05) is 34.6 Å². The van der Waals surface area contributed by atoms with Gasteiger partial charge in [-0.25, -0.2) is 4.98 Å². The summed E-state index contributed by atoms with van der Waals surface area (Å²) in [6, 6.07) is 12.2. The Kier molecular flexibility index (Phi) is 2.75. The second kappa shape index (κ2) is 4.75. The summed E-state index contributed by atoms with van der Waals surface area (Å²) in [5, 5.41) is 5.38. The van der Waals surface area contributed by atoms with Crippen molar-refractivity contribution in [2.75, 3.05) is 5.73 Å². The Hall–Kier alpha value is -2.59. The molecule has 4 aromatic rings. The van der Waals surface area contributed by atoms with Crippen LogP contribution in [0.4, 0.5) is 5.69 Å². The van der Waals surface area contributed by atoms with Crippen LogP contribution in [0.25, 0.3) is 33.3 Å². The number of aromatic amines is 1. The van der Waals surface area contributed by atoms with Gasteiger partial charge in [0.1, 0.15) is 5.65 Å². The second-order valence-electron chi connectivity index (χ2n) is 4.96. The van der Waals surface area contributed by atoms with E-state index in [9.17, 15) is 0 Å². The molecule has 4 heteroatoms. The summed E-state index contributed by atoms with van der Waals surface area (Å²) in [5.74, 6) is 0. The number of H-pyrrole nitrogens is 1. The first kappa shape index (κ1) is 12.2. The van der Waals surface area contributed by atoms with Crippen LogP contribution in [0.3, 0.4) is 0 Å². The molecule has 1 aromatic carbocycles. The number of thiophene rings is 1. The first-order valence-electron chi connectivity index (χ1n) is 6.67. The molecular formula is C17H13N3S. The highest BCUT2D eigenvalue weighted by atomic mass is 32.1. The largest absolute Gasteiger partial charge is 0.399 e. The van der Waals surface area contributed by atoms with Crippen LogP contribution >= 0.6 is 11.3 Å². The summed E-state index contributed by atoms with van der Waals surface area (Å²) in [5.41, 5.74) is 12.1. The van der Waals surface area contributed by atoms with Gasteiger partial charge in [0.15, 0.2) is 0 Å². The van der Waals surface area contributed by atoms with Crippen molar-refractivity contribution in [3.63, 3.8) is 0 Å². The van der Waals surface area contributed by atoms with Gasteiger partial charge in [0.2, 0.25) is 0 Å². The number of nitrogen functional groups attached to an aromatic ring is 1. The average Bonchev–Trinajstić information content (AvgIpc) is 3.16. The highest BCUT2D eigenvalue weighted by Crippen LogP contribution is 2.32. The topological polar surface area (TPSA) is 54.7 Å². The van der Waals surface area contributed by atoms with Crippen LogP contribution in [-0.2, 0) is 0 Å². The molecule has 21 heavy (non-hydrogen) atoms. The van der Waals surface area contributed by atoms with Crippen LogP contribution < -0.4 is 5.73 Å². The van der Waals surface area contributed by atoms with Crippen LogP contribution in [-0.4, -0.2) is 9.97 Å². The monoisotopic (exact) mass is 291 g/mol. The zero-order chi connectivity index (χ0) is 14.2. The molecule has 0 bridgehead atoms. The van der Waals surface area contributed by atoms with Gasteiger partial charge in [-0.15, -0.1) is 0 Å². The maximum atomic E-state index is 5.75. The van der Waals surface area contributed by atoms with E-state index in [1.165, 1.54) is 11.1 Å². The molecule has 0 unspecified atom stereocenters. The SMILES string of the molecule is Nc1ccc(-c2cnc3[nH]cc(-c4ccsc4)c3c2)cc1. The van der Waals surface area contributed by atoms with E-state index in [0.29, 0.717) is 0 Å². The van der Waals surface area contributed by atoms with Crippen LogP contribution in [0.15, 0.2) is 59.6 Å². The quantitative estimate of drug-likeness (QED) is 0.533. The van der Waals surface area contributed by atoms with E-state index in [1.54, 1.807) is 11.3 Å². The molecule has 0 aliphatic carbocycles. The van der Waals surface area contributed by atoms with Gasteiger partial charge in [-0.3, -0.25) is 0 Å². The van der Waals surface area contributed by atoms with Gasteiger partial charge in [-0.1, -0.05) is 12.1 Å². The smallest absolute Gasteiger partial charge is 0.137 e. The van der Waals surface area contributed by atoms with Gasteiger partial charge in [-0.2, -0.15) is 11.3 Å². The zero-order valence-corrected chi connectivity index (χ0v) is 12.0. The fraction of sp³-hybridized carbons (Fsp3) is 0. The van der Waals surface area contributed by atoms with E-state index in [1.807, 2.05) is 36.7 Å². The van der Waals surface area contributed by atoms with Crippen molar-refractivity contribution in [1.82, 2.24) is 9.97 Å². The fourth-order valence-electron chi connectivity index (χ4n) is 2.49. The van der Waals surface area contributed by atoms with Crippen molar-refractivity contribution in [2.45, 2.75) is 0 Å². The number of hydrogen-bond acceptors (Lipinski definition) is 3. The standard InChI is InChI=1S/C17H13N3S/c18-14-3-1-11(2-4-14)13-7-15-16(12-5-6-21-10-12)9-20-17(15)19-8-13/h1-10H,18H2,(H,19,20). The number of benzene rings is 1. The molecular weight excluding hydrogens is 278 g/mol. The number of pyridine rings is 1. The third-order valence-electron chi connectivity index (χ3n) is 3.61. The minimum atomic E-state index is 0.772. The molecule has 0 saturated carbocycles. The Labute approximate surface area is 126 Å². The number of nitrogens with zero attached hydrogens (tertiary/aromatic N) is 1. The summed E-state index contributed by atoms with van der Waals surface area (Å²) < 4.78 is 0. The Morgan fingerprint density at radius 3 is 2.62 bits per heavy atom. The Morgan fingerprint density at radius 2 is 1.86 bits per heavy atom. The molecule has 0 saturated heterocycles. The van der Waals surface area contributed by atoms with Gasteiger partial charge in [0.25, 0.3) is 0 Å². The number of rotatable bonds is 2. The highest BCUT2D eigenvalue weighted by Gasteiger charge is 2.09. The predicted octanol–water partition coefficient (Wildman–Crippen LogP) is 4.54. The first-order chi connectivity index (χ1) is 10.3. The molecule has 3 heterocycles. The fourth-order valence-corrected chi connectivity index (χ4v) is 3.15. The van der Waals surface area contributed by atoms with Crippen molar-refractivity contribution in [3.05, 3.63) is 59.6 Å². The summed E-state index contributed by atoms with van der Waals surface area (Å²) in [6.07, 6.45) is 3.91. The summed E-state index contributed by atoms with van der Waals surface area (Å²) in [6.45, 7) is 0. The molecule has 3 N–H and O–H groups in total. The number of fused-ring (bicyclic) bond motifs is 1. The lowest BCUT2D eigenvalue weighted by molar-refractivity contribution is 1.33. The lowest BCUT2D eigenvalue weighted by atomic mass is 10.0. The molecule has 0 amide bonds. The predicted molar refractivity (Wildman–Crippen MR) is 89.3 cm³/mol. The molecule has 3 nitrogen and oxygen atoms in total. The van der Waals surface area contributed by atoms with Crippen LogP contribution in [0.5, 0.6) is 0 Å². The Balaban J connectivity index is 1.89. The molecule has 3 aromatic heterocycles. The summed E-state index contributed by atoms with van der Waals surface area (Å²) in [7, 11) is 0. The molecule has 0 aliphatic heterocycles. The first-order valence-corrected chi connectivity index (χ1v) is 7.61. The van der Waals surface area contributed by atoms with Crippen LogP contribution in [0, 0.1) is 0 Å². The molecule has 0 aliphatic rings. The lowest BCUT2D eigenvalue weighted by Gasteiger charge is -2.03. The molecule has 0 radical (unpaired) electrons. The van der Waals surface area contributed by atoms with Gasteiger partial charge >= 0.3 is 0 Å². The van der Waals surface area contributed by atoms with Gasteiger partial charge < -0.3 is 10.7 Å². The number of aromatic nitrogens is 2. The number of nitrogens with two attached hydrogens (primary N) is 1. The Morgan fingerprint density at radius 1 is 1.00 bits per heavy atom. The van der Waals surface area contributed by atoms with E-state index >= 15 is 0 Å². The van der Waals surface area contributed by atoms with Crippen molar-refractivity contribution < 1.29 is 0 Å².